The lowest BCUT2D eigenvalue weighted by Crippen LogP contribution is -2.01. The Morgan fingerprint density at radius 1 is 1.44 bits per heavy atom. The Bertz CT molecular complexity index is 489. The van der Waals surface area contributed by atoms with Crippen molar-refractivity contribution in [1.82, 2.24) is 25.1 Å². The van der Waals surface area contributed by atoms with Crippen LogP contribution in [0.3, 0.4) is 0 Å². The first-order valence-electron chi connectivity index (χ1n) is 6.10. The molecule has 0 spiro atoms. The monoisotopic (exact) mass is 250 g/mol. The maximum atomic E-state index is 5.45. The van der Waals surface area contributed by atoms with E-state index in [-0.39, 0.29) is 5.92 Å². The first-order valence-corrected chi connectivity index (χ1v) is 6.10. The predicted molar refractivity (Wildman–Crippen MR) is 64.9 cm³/mol. The van der Waals surface area contributed by atoms with E-state index in [0.29, 0.717) is 24.8 Å². The number of hydrogen-bond donors (Lipinski definition) is 1. The summed E-state index contributed by atoms with van der Waals surface area (Å²) in [7, 11) is 0. The lowest BCUT2D eigenvalue weighted by molar-refractivity contribution is 0.358. The Morgan fingerprint density at radius 2 is 2.28 bits per heavy atom. The van der Waals surface area contributed by atoms with Crippen LogP contribution in [0.1, 0.15) is 43.6 Å². The van der Waals surface area contributed by atoms with Gasteiger partial charge < -0.3 is 10.3 Å². The molecule has 2 aromatic rings. The number of aromatic nitrogens is 5. The lowest BCUT2D eigenvalue weighted by atomic mass is 10.2. The van der Waals surface area contributed by atoms with Crippen LogP contribution in [0.4, 0.5) is 0 Å². The molecule has 7 heteroatoms. The number of rotatable bonds is 6. The minimum Gasteiger partial charge on any atom is -0.337 e. The summed E-state index contributed by atoms with van der Waals surface area (Å²) < 4.78 is 6.85. The highest BCUT2D eigenvalue weighted by atomic mass is 16.5. The molecule has 0 atom stereocenters. The van der Waals surface area contributed by atoms with E-state index < -0.39 is 0 Å². The van der Waals surface area contributed by atoms with Crippen molar-refractivity contribution in [2.45, 2.75) is 39.2 Å². The number of hydrogen-bond acceptors (Lipinski definition) is 6. The summed E-state index contributed by atoms with van der Waals surface area (Å²) in [6.07, 6.45) is 3.64. The van der Waals surface area contributed by atoms with Gasteiger partial charge in [0, 0.05) is 12.1 Å². The molecule has 0 fully saturated rings. The third-order valence-corrected chi connectivity index (χ3v) is 2.52. The molecule has 98 valence electrons. The highest BCUT2D eigenvalue weighted by Crippen LogP contribution is 2.10. The van der Waals surface area contributed by atoms with E-state index in [0.717, 1.165) is 18.5 Å². The van der Waals surface area contributed by atoms with E-state index in [1.54, 1.807) is 4.68 Å². The molecule has 0 amide bonds. The predicted octanol–water partition coefficient (Wildman–Crippen LogP) is 0.724. The summed E-state index contributed by atoms with van der Waals surface area (Å²) in [5, 5.41) is 12.0. The molecule has 0 aliphatic carbocycles. The van der Waals surface area contributed by atoms with Crippen LogP contribution in [0.2, 0.25) is 0 Å². The molecule has 7 nitrogen and oxygen atoms in total. The Labute approximate surface area is 105 Å². The van der Waals surface area contributed by atoms with Crippen LogP contribution < -0.4 is 5.73 Å². The molecule has 0 saturated heterocycles. The third kappa shape index (κ3) is 3.13. The van der Waals surface area contributed by atoms with Crippen molar-refractivity contribution >= 4 is 0 Å². The molecule has 0 aliphatic rings. The Hall–Kier alpha value is -1.76. The average molecular weight is 250 g/mol. The lowest BCUT2D eigenvalue weighted by Gasteiger charge is -1.94. The van der Waals surface area contributed by atoms with Gasteiger partial charge in [-0.05, 0) is 19.4 Å². The molecule has 2 rings (SSSR count). The number of aryl methyl sites for hydroxylation is 1. The molecule has 2 heterocycles. The molecule has 2 N–H and O–H groups in total. The fourth-order valence-electron chi connectivity index (χ4n) is 1.52. The van der Waals surface area contributed by atoms with Crippen LogP contribution in [-0.4, -0.2) is 31.7 Å². The Morgan fingerprint density at radius 3 is 2.94 bits per heavy atom. The van der Waals surface area contributed by atoms with Gasteiger partial charge in [-0.3, -0.25) is 0 Å². The van der Waals surface area contributed by atoms with E-state index in [9.17, 15) is 0 Å². The quantitative estimate of drug-likeness (QED) is 0.811. The first-order chi connectivity index (χ1) is 8.69. The Kier molecular flexibility index (Phi) is 4.03. The fraction of sp³-hybridized carbons (Fsp3) is 0.636. The second kappa shape index (κ2) is 5.72. The van der Waals surface area contributed by atoms with E-state index >= 15 is 0 Å². The van der Waals surface area contributed by atoms with Gasteiger partial charge in [0.25, 0.3) is 0 Å². The largest absolute Gasteiger partial charge is 0.337 e. The molecule has 0 saturated carbocycles. The van der Waals surface area contributed by atoms with Crippen molar-refractivity contribution in [3.63, 3.8) is 0 Å². The van der Waals surface area contributed by atoms with Crippen LogP contribution in [0, 0.1) is 0 Å². The van der Waals surface area contributed by atoms with Crippen LogP contribution in [0.15, 0.2) is 10.7 Å². The van der Waals surface area contributed by atoms with E-state index in [4.69, 9.17) is 10.3 Å². The molecule has 0 bridgehead atoms. The minimum atomic E-state index is 0.262. The van der Waals surface area contributed by atoms with E-state index in [1.807, 2.05) is 20.0 Å². The van der Waals surface area contributed by atoms with Crippen LogP contribution in [0.25, 0.3) is 0 Å². The number of nitrogens with two attached hydrogens (primary N) is 1. The summed E-state index contributed by atoms with van der Waals surface area (Å²) in [4.78, 5) is 4.29. The summed E-state index contributed by atoms with van der Waals surface area (Å²) >= 11 is 0. The average Bonchev–Trinajstić information content (AvgIpc) is 2.96. The van der Waals surface area contributed by atoms with Crippen LogP contribution in [0.5, 0.6) is 0 Å². The van der Waals surface area contributed by atoms with Crippen molar-refractivity contribution in [1.29, 1.82) is 0 Å². The number of nitrogens with zero attached hydrogens (tertiary/aromatic N) is 5. The van der Waals surface area contributed by atoms with Gasteiger partial charge in [0.15, 0.2) is 5.82 Å². The third-order valence-electron chi connectivity index (χ3n) is 2.52. The standard InChI is InChI=1S/C11H18N6O/c1-8(2)11-13-10(18-15-11)7-17-6-9(14-16-17)4-3-5-12/h6,8H,3-5,7,12H2,1-2H3. The van der Waals surface area contributed by atoms with Gasteiger partial charge in [-0.25, -0.2) is 4.68 Å². The zero-order valence-electron chi connectivity index (χ0n) is 10.7. The second-order valence-corrected chi connectivity index (χ2v) is 4.50. The molecule has 0 aliphatic heterocycles. The van der Waals surface area contributed by atoms with Gasteiger partial charge in [0.2, 0.25) is 5.89 Å². The fourth-order valence-corrected chi connectivity index (χ4v) is 1.52. The van der Waals surface area contributed by atoms with Gasteiger partial charge >= 0.3 is 0 Å². The highest BCUT2D eigenvalue weighted by Gasteiger charge is 2.10. The van der Waals surface area contributed by atoms with E-state index in [2.05, 4.69) is 20.5 Å². The molecule has 18 heavy (non-hydrogen) atoms. The van der Waals surface area contributed by atoms with E-state index in [1.165, 1.54) is 0 Å². The van der Waals surface area contributed by atoms with Crippen molar-refractivity contribution in [2.24, 2.45) is 5.73 Å². The first kappa shape index (κ1) is 12.7. The molecule has 2 aromatic heterocycles. The summed E-state index contributed by atoms with van der Waals surface area (Å²) in [6.45, 7) is 5.16. The summed E-state index contributed by atoms with van der Waals surface area (Å²) in [6, 6.07) is 0. The van der Waals surface area contributed by atoms with Gasteiger partial charge in [0.05, 0.1) is 5.69 Å². The highest BCUT2D eigenvalue weighted by molar-refractivity contribution is 4.95. The Balaban J connectivity index is 1.97. The zero-order valence-corrected chi connectivity index (χ0v) is 10.7. The summed E-state index contributed by atoms with van der Waals surface area (Å²) in [5.74, 6) is 1.53. The zero-order chi connectivity index (χ0) is 13.0. The van der Waals surface area contributed by atoms with Gasteiger partial charge in [-0.15, -0.1) is 5.10 Å². The summed E-state index contributed by atoms with van der Waals surface area (Å²) in [5.41, 5.74) is 6.38. The molecular formula is C11H18N6O. The molecule has 0 radical (unpaired) electrons. The van der Waals surface area contributed by atoms with Gasteiger partial charge in [0.1, 0.15) is 6.54 Å². The van der Waals surface area contributed by atoms with Crippen molar-refractivity contribution in [2.75, 3.05) is 6.54 Å². The maximum absolute atomic E-state index is 5.45. The van der Waals surface area contributed by atoms with Crippen molar-refractivity contribution < 1.29 is 4.52 Å². The normalized spacial score (nSPS) is 11.3. The molecular weight excluding hydrogens is 232 g/mol. The van der Waals surface area contributed by atoms with Gasteiger partial charge in [-0.2, -0.15) is 4.98 Å². The topological polar surface area (TPSA) is 95.7 Å². The second-order valence-electron chi connectivity index (χ2n) is 4.50. The SMILES string of the molecule is CC(C)c1noc(Cn2cc(CCCN)nn2)n1. The van der Waals surface area contributed by atoms with Crippen LogP contribution in [-0.2, 0) is 13.0 Å². The smallest absolute Gasteiger partial charge is 0.248 e. The maximum Gasteiger partial charge on any atom is 0.248 e. The minimum absolute atomic E-state index is 0.262. The van der Waals surface area contributed by atoms with Crippen molar-refractivity contribution in [3.05, 3.63) is 23.6 Å². The molecule has 0 aromatic carbocycles. The van der Waals surface area contributed by atoms with Gasteiger partial charge in [-0.1, -0.05) is 24.2 Å². The van der Waals surface area contributed by atoms with Crippen LogP contribution >= 0.6 is 0 Å². The molecule has 0 unspecified atom stereocenters. The van der Waals surface area contributed by atoms with Crippen molar-refractivity contribution in [3.8, 4) is 0 Å².